The molecule has 5 nitrogen and oxygen atoms in total. The topological polar surface area (TPSA) is 66.9 Å². The summed E-state index contributed by atoms with van der Waals surface area (Å²) >= 11 is 0. The fraction of sp³-hybridized carbons (Fsp3) is 0.0556. The van der Waals surface area contributed by atoms with E-state index in [-0.39, 0.29) is 17.2 Å². The number of anilines is 3. The molecular weight excluding hydrogens is 345 g/mol. The summed E-state index contributed by atoms with van der Waals surface area (Å²) in [5, 5.41) is 13.0. The molecule has 0 radical (unpaired) electrons. The number of para-hydroxylation sites is 1. The van der Waals surface area contributed by atoms with Crippen LogP contribution in [0.4, 0.5) is 30.4 Å². The summed E-state index contributed by atoms with van der Waals surface area (Å²) in [5.41, 5.74) is 0.152. The first-order valence-corrected chi connectivity index (χ1v) is 7.56. The Morgan fingerprint density at radius 2 is 1.58 bits per heavy atom. The molecule has 1 amide bonds. The van der Waals surface area contributed by atoms with Gasteiger partial charge in [-0.15, -0.1) is 10.2 Å². The SMILES string of the molecule is O=C(Nc1ccccc1)c1ccc(Nc2cccc(C(F)(F)F)c2)nn1. The first-order chi connectivity index (χ1) is 12.4. The van der Waals surface area contributed by atoms with Crippen LogP contribution in [0, 0.1) is 0 Å². The van der Waals surface area contributed by atoms with E-state index >= 15 is 0 Å². The van der Waals surface area contributed by atoms with E-state index in [1.165, 1.54) is 24.3 Å². The summed E-state index contributed by atoms with van der Waals surface area (Å²) in [6, 6.07) is 16.5. The van der Waals surface area contributed by atoms with Crippen molar-refractivity contribution < 1.29 is 18.0 Å². The second kappa shape index (κ2) is 7.22. The van der Waals surface area contributed by atoms with Crippen LogP contribution < -0.4 is 10.6 Å². The van der Waals surface area contributed by atoms with Crippen molar-refractivity contribution in [3.8, 4) is 0 Å². The summed E-state index contributed by atoms with van der Waals surface area (Å²) in [5.74, 6) is -0.213. The van der Waals surface area contributed by atoms with Crippen LogP contribution in [0.1, 0.15) is 16.1 Å². The number of alkyl halides is 3. The first-order valence-electron chi connectivity index (χ1n) is 7.56. The van der Waals surface area contributed by atoms with Gasteiger partial charge < -0.3 is 10.6 Å². The highest BCUT2D eigenvalue weighted by Gasteiger charge is 2.30. The average molecular weight is 358 g/mol. The Balaban J connectivity index is 1.69. The lowest BCUT2D eigenvalue weighted by Gasteiger charge is -2.10. The van der Waals surface area contributed by atoms with Crippen molar-refractivity contribution in [2.24, 2.45) is 0 Å². The third-order valence-electron chi connectivity index (χ3n) is 3.39. The van der Waals surface area contributed by atoms with E-state index in [1.54, 1.807) is 24.3 Å². The Morgan fingerprint density at radius 1 is 0.846 bits per heavy atom. The van der Waals surface area contributed by atoms with E-state index in [0.29, 0.717) is 5.69 Å². The predicted molar refractivity (Wildman–Crippen MR) is 91.2 cm³/mol. The Hall–Kier alpha value is -3.42. The zero-order valence-corrected chi connectivity index (χ0v) is 13.3. The van der Waals surface area contributed by atoms with E-state index in [4.69, 9.17) is 0 Å². The van der Waals surface area contributed by atoms with Crippen molar-refractivity contribution in [2.45, 2.75) is 6.18 Å². The monoisotopic (exact) mass is 358 g/mol. The molecule has 3 aromatic rings. The lowest BCUT2D eigenvalue weighted by Crippen LogP contribution is -2.14. The van der Waals surface area contributed by atoms with Gasteiger partial charge in [-0.25, -0.2) is 0 Å². The maximum absolute atomic E-state index is 12.7. The molecule has 26 heavy (non-hydrogen) atoms. The Morgan fingerprint density at radius 3 is 2.23 bits per heavy atom. The van der Waals surface area contributed by atoms with Gasteiger partial charge in [0.25, 0.3) is 5.91 Å². The van der Waals surface area contributed by atoms with Gasteiger partial charge in [0.05, 0.1) is 5.56 Å². The number of hydrogen-bond acceptors (Lipinski definition) is 4. The van der Waals surface area contributed by atoms with E-state index in [0.717, 1.165) is 12.1 Å². The largest absolute Gasteiger partial charge is 0.416 e. The number of hydrogen-bond donors (Lipinski definition) is 2. The lowest BCUT2D eigenvalue weighted by molar-refractivity contribution is -0.137. The van der Waals surface area contributed by atoms with Crippen LogP contribution in [0.3, 0.4) is 0 Å². The Kier molecular flexibility index (Phi) is 4.83. The molecule has 0 fully saturated rings. The zero-order valence-electron chi connectivity index (χ0n) is 13.3. The van der Waals surface area contributed by atoms with Gasteiger partial charge in [-0.3, -0.25) is 4.79 Å². The molecule has 0 saturated heterocycles. The van der Waals surface area contributed by atoms with Gasteiger partial charge in [0.2, 0.25) is 0 Å². The molecule has 0 aliphatic heterocycles. The van der Waals surface area contributed by atoms with Gasteiger partial charge in [-0.2, -0.15) is 13.2 Å². The zero-order chi connectivity index (χ0) is 18.6. The number of halogens is 3. The molecule has 2 N–H and O–H groups in total. The molecule has 1 heterocycles. The summed E-state index contributed by atoms with van der Waals surface area (Å²) in [7, 11) is 0. The summed E-state index contributed by atoms with van der Waals surface area (Å²) in [6.07, 6.45) is -4.43. The Bertz CT molecular complexity index is 896. The van der Waals surface area contributed by atoms with Gasteiger partial charge in [0, 0.05) is 11.4 Å². The van der Waals surface area contributed by atoms with Crippen LogP contribution in [0.2, 0.25) is 0 Å². The lowest BCUT2D eigenvalue weighted by atomic mass is 10.2. The van der Waals surface area contributed by atoms with Crippen LogP contribution in [-0.2, 0) is 6.18 Å². The highest BCUT2D eigenvalue weighted by Crippen LogP contribution is 2.31. The minimum absolute atomic E-state index is 0.0865. The standard InChI is InChI=1S/C18H13F3N4O/c19-18(20,21)12-5-4-8-14(11-12)22-16-10-9-15(24-25-16)17(26)23-13-6-2-1-3-7-13/h1-11H,(H,22,25)(H,23,26). The van der Waals surface area contributed by atoms with Gasteiger partial charge in [-0.05, 0) is 42.5 Å². The van der Waals surface area contributed by atoms with Crippen LogP contribution in [0.25, 0.3) is 0 Å². The number of nitrogens with one attached hydrogen (secondary N) is 2. The average Bonchev–Trinajstić information content (AvgIpc) is 2.63. The molecule has 0 aliphatic rings. The van der Waals surface area contributed by atoms with Crippen molar-refractivity contribution in [3.63, 3.8) is 0 Å². The number of carbonyl (C=O) groups excluding carboxylic acids is 1. The second-order valence-corrected chi connectivity index (χ2v) is 5.33. The third-order valence-corrected chi connectivity index (χ3v) is 3.39. The molecule has 0 aliphatic carbocycles. The van der Waals surface area contributed by atoms with Crippen LogP contribution in [0.15, 0.2) is 66.7 Å². The van der Waals surface area contributed by atoms with Gasteiger partial charge >= 0.3 is 6.18 Å². The van der Waals surface area contributed by atoms with Crippen molar-refractivity contribution >= 4 is 23.1 Å². The second-order valence-electron chi connectivity index (χ2n) is 5.33. The number of benzene rings is 2. The van der Waals surface area contributed by atoms with Crippen molar-refractivity contribution in [1.29, 1.82) is 0 Å². The molecule has 1 aromatic heterocycles. The highest BCUT2D eigenvalue weighted by molar-refractivity contribution is 6.02. The van der Waals surface area contributed by atoms with E-state index in [9.17, 15) is 18.0 Å². The summed E-state index contributed by atoms with van der Waals surface area (Å²) < 4.78 is 38.2. The van der Waals surface area contributed by atoms with E-state index in [2.05, 4.69) is 20.8 Å². The third kappa shape index (κ3) is 4.35. The van der Waals surface area contributed by atoms with Crippen molar-refractivity contribution in [2.75, 3.05) is 10.6 Å². The van der Waals surface area contributed by atoms with Crippen molar-refractivity contribution in [3.05, 3.63) is 78.0 Å². The van der Waals surface area contributed by atoms with Gasteiger partial charge in [0.1, 0.15) is 0 Å². The molecule has 2 aromatic carbocycles. The maximum atomic E-state index is 12.7. The molecule has 132 valence electrons. The molecular formula is C18H13F3N4O. The molecule has 3 rings (SSSR count). The molecule has 0 atom stereocenters. The molecule has 8 heteroatoms. The highest BCUT2D eigenvalue weighted by atomic mass is 19.4. The number of amides is 1. The number of carbonyl (C=O) groups is 1. The number of nitrogens with zero attached hydrogens (tertiary/aromatic N) is 2. The fourth-order valence-electron chi connectivity index (χ4n) is 2.16. The minimum Gasteiger partial charge on any atom is -0.339 e. The fourth-order valence-corrected chi connectivity index (χ4v) is 2.16. The summed E-state index contributed by atoms with van der Waals surface area (Å²) in [6.45, 7) is 0. The molecule has 0 bridgehead atoms. The van der Waals surface area contributed by atoms with E-state index < -0.39 is 17.6 Å². The van der Waals surface area contributed by atoms with Crippen LogP contribution in [-0.4, -0.2) is 16.1 Å². The molecule has 0 spiro atoms. The normalized spacial score (nSPS) is 11.0. The number of aromatic nitrogens is 2. The van der Waals surface area contributed by atoms with Gasteiger partial charge in [0.15, 0.2) is 11.5 Å². The quantitative estimate of drug-likeness (QED) is 0.721. The van der Waals surface area contributed by atoms with Crippen molar-refractivity contribution in [1.82, 2.24) is 10.2 Å². The molecule has 0 unspecified atom stereocenters. The smallest absolute Gasteiger partial charge is 0.339 e. The maximum Gasteiger partial charge on any atom is 0.416 e. The first kappa shape index (κ1) is 17.4. The summed E-state index contributed by atoms with van der Waals surface area (Å²) in [4.78, 5) is 12.1. The minimum atomic E-state index is -4.43. The predicted octanol–water partition coefficient (Wildman–Crippen LogP) is 4.49. The van der Waals surface area contributed by atoms with Crippen LogP contribution in [0.5, 0.6) is 0 Å². The Labute approximate surface area is 146 Å². The molecule has 0 saturated carbocycles. The van der Waals surface area contributed by atoms with E-state index in [1.807, 2.05) is 6.07 Å². The van der Waals surface area contributed by atoms with Crippen LogP contribution >= 0.6 is 0 Å². The van der Waals surface area contributed by atoms with Gasteiger partial charge in [-0.1, -0.05) is 24.3 Å². The number of rotatable bonds is 4.